The second kappa shape index (κ2) is 9.85. The van der Waals surface area contributed by atoms with Crippen molar-refractivity contribution in [2.75, 3.05) is 13.2 Å². The molecular formula is C30H32N2O8. The summed E-state index contributed by atoms with van der Waals surface area (Å²) < 4.78 is 18.0. The van der Waals surface area contributed by atoms with Crippen LogP contribution in [-0.4, -0.2) is 45.6 Å². The number of ether oxygens (including phenoxy) is 3. The first-order valence-corrected chi connectivity index (χ1v) is 13.3. The standard InChI is InChI=1S/C30H32N2O8/c1-6-17-18-10-16(33)8-9-22(18)31-26-19(17)12-32-23(26)11-21-20(27(32)36)13-39-28(37)30(21,7-2)40-25(35)15-38-14-24(34)29(3,4)5/h8-11,33H,6-7,12-15H2,1-5H3/t30-/m0/s1. The highest BCUT2D eigenvalue weighted by atomic mass is 16.6. The molecule has 1 atom stereocenters. The van der Waals surface area contributed by atoms with Gasteiger partial charge in [-0.3, -0.25) is 9.59 Å². The van der Waals surface area contributed by atoms with Gasteiger partial charge in [0.1, 0.15) is 25.6 Å². The maximum atomic E-state index is 13.8. The lowest BCUT2D eigenvalue weighted by atomic mass is 9.85. The number of ketones is 1. The van der Waals surface area contributed by atoms with Crippen LogP contribution >= 0.6 is 0 Å². The van der Waals surface area contributed by atoms with E-state index in [0.717, 1.165) is 16.5 Å². The number of phenolic OH excluding ortho intramolecular Hbond substituents is 1. The number of carbonyl (C=O) groups excluding carboxylic acids is 3. The third-order valence-corrected chi connectivity index (χ3v) is 7.69. The minimum Gasteiger partial charge on any atom is -0.508 e. The van der Waals surface area contributed by atoms with Crippen LogP contribution < -0.4 is 5.56 Å². The number of esters is 2. The first kappa shape index (κ1) is 27.5. The molecule has 0 saturated heterocycles. The first-order chi connectivity index (χ1) is 18.9. The minimum atomic E-state index is -1.85. The number of hydrogen-bond acceptors (Lipinski definition) is 9. The largest absolute Gasteiger partial charge is 0.508 e. The fourth-order valence-electron chi connectivity index (χ4n) is 5.38. The van der Waals surface area contributed by atoms with E-state index in [9.17, 15) is 24.3 Å². The highest BCUT2D eigenvalue weighted by Crippen LogP contribution is 2.42. The zero-order chi connectivity index (χ0) is 29.0. The summed E-state index contributed by atoms with van der Waals surface area (Å²) in [5, 5.41) is 10.9. The number of aryl methyl sites for hydroxylation is 1. The van der Waals surface area contributed by atoms with Gasteiger partial charge in [0.05, 0.1) is 29.0 Å². The van der Waals surface area contributed by atoms with Crippen LogP contribution in [-0.2, 0) is 53.8 Å². The molecule has 4 heterocycles. The van der Waals surface area contributed by atoms with Crippen LogP contribution in [0.3, 0.4) is 0 Å². The molecule has 1 N–H and O–H groups in total. The van der Waals surface area contributed by atoms with E-state index in [2.05, 4.69) is 0 Å². The number of rotatable bonds is 7. The second-order valence-electron chi connectivity index (χ2n) is 11.2. The van der Waals surface area contributed by atoms with Crippen molar-refractivity contribution < 1.29 is 33.7 Å². The van der Waals surface area contributed by atoms with Crippen molar-refractivity contribution in [2.45, 2.75) is 66.2 Å². The summed E-state index contributed by atoms with van der Waals surface area (Å²) in [6.45, 7) is 8.13. The lowest BCUT2D eigenvalue weighted by Gasteiger charge is -2.35. The number of aromatic hydroxyl groups is 1. The molecule has 210 valence electrons. The van der Waals surface area contributed by atoms with Gasteiger partial charge in [0.25, 0.3) is 5.56 Å². The van der Waals surface area contributed by atoms with Crippen LogP contribution in [0.25, 0.3) is 22.3 Å². The van der Waals surface area contributed by atoms with E-state index >= 15 is 0 Å². The molecule has 0 bridgehead atoms. The van der Waals surface area contributed by atoms with Gasteiger partial charge in [-0.15, -0.1) is 0 Å². The number of cyclic esters (lactones) is 1. The normalized spacial score (nSPS) is 17.7. The van der Waals surface area contributed by atoms with Crippen molar-refractivity contribution >= 4 is 28.6 Å². The van der Waals surface area contributed by atoms with Crippen molar-refractivity contribution in [3.63, 3.8) is 0 Å². The predicted octanol–water partition coefficient (Wildman–Crippen LogP) is 3.53. The summed E-state index contributed by atoms with van der Waals surface area (Å²) in [5.74, 6) is -1.69. The number of pyridine rings is 2. The van der Waals surface area contributed by atoms with Gasteiger partial charge in [-0.05, 0) is 42.7 Å². The van der Waals surface area contributed by atoms with Crippen LogP contribution in [0.2, 0.25) is 0 Å². The number of hydrogen-bond donors (Lipinski definition) is 1. The SMILES string of the molecule is CCc1c2c(nc3ccc(O)cc13)-c1cc3c(c(=O)n1C2)COC(=O)[C@@]3(CC)OC(=O)COCC(=O)C(C)(C)C. The Kier molecular flexibility index (Phi) is 6.78. The van der Waals surface area contributed by atoms with Crippen LogP contribution in [0.15, 0.2) is 29.1 Å². The summed E-state index contributed by atoms with van der Waals surface area (Å²) in [7, 11) is 0. The molecule has 2 aliphatic rings. The van der Waals surface area contributed by atoms with Crippen molar-refractivity contribution in [1.29, 1.82) is 0 Å². The number of fused-ring (bicyclic) bond motifs is 5. The molecule has 0 amide bonds. The smallest absolute Gasteiger partial charge is 0.355 e. The highest BCUT2D eigenvalue weighted by molar-refractivity contribution is 5.91. The van der Waals surface area contributed by atoms with Gasteiger partial charge in [0.15, 0.2) is 5.78 Å². The van der Waals surface area contributed by atoms with E-state index in [1.807, 2.05) is 6.92 Å². The summed E-state index contributed by atoms with van der Waals surface area (Å²) in [5.41, 5.74) is 1.28. The van der Waals surface area contributed by atoms with Crippen LogP contribution in [0.1, 0.15) is 63.3 Å². The maximum Gasteiger partial charge on any atom is 0.355 e. The molecule has 5 rings (SSSR count). The third kappa shape index (κ3) is 4.36. The molecule has 0 fully saturated rings. The molecule has 3 aromatic rings. The van der Waals surface area contributed by atoms with Crippen LogP contribution in [0.5, 0.6) is 5.75 Å². The number of phenols is 1. The molecule has 1 aromatic carbocycles. The number of aromatic nitrogens is 2. The summed E-state index contributed by atoms with van der Waals surface area (Å²) in [6.07, 6.45) is 0.676. The molecule has 0 saturated carbocycles. The molecule has 0 spiro atoms. The summed E-state index contributed by atoms with van der Waals surface area (Å²) >= 11 is 0. The van der Waals surface area contributed by atoms with Gasteiger partial charge < -0.3 is 23.9 Å². The van der Waals surface area contributed by atoms with Gasteiger partial charge in [-0.25, -0.2) is 14.6 Å². The number of nitrogens with zero attached hydrogens (tertiary/aromatic N) is 2. The van der Waals surface area contributed by atoms with Crippen molar-refractivity contribution in [3.05, 3.63) is 56.9 Å². The van der Waals surface area contributed by atoms with E-state index in [-0.39, 0.29) is 54.4 Å². The quantitative estimate of drug-likeness (QED) is 0.344. The van der Waals surface area contributed by atoms with Gasteiger partial charge >= 0.3 is 11.9 Å². The Morgan fingerprint density at radius 1 is 1.12 bits per heavy atom. The Balaban J connectivity index is 1.56. The molecular weight excluding hydrogens is 516 g/mol. The van der Waals surface area contributed by atoms with Gasteiger partial charge in [-0.2, -0.15) is 0 Å². The number of carbonyl (C=O) groups is 3. The molecule has 10 nitrogen and oxygen atoms in total. The Hall–Kier alpha value is -4.05. The molecule has 40 heavy (non-hydrogen) atoms. The first-order valence-electron chi connectivity index (χ1n) is 13.3. The lowest BCUT2D eigenvalue weighted by molar-refractivity contribution is -0.192. The zero-order valence-corrected chi connectivity index (χ0v) is 23.3. The van der Waals surface area contributed by atoms with Gasteiger partial charge in [-0.1, -0.05) is 34.6 Å². The van der Waals surface area contributed by atoms with Gasteiger partial charge in [0, 0.05) is 21.9 Å². The summed E-state index contributed by atoms with van der Waals surface area (Å²) in [6, 6.07) is 6.65. The monoisotopic (exact) mass is 548 g/mol. The molecule has 2 aliphatic heterocycles. The Bertz CT molecular complexity index is 1630. The van der Waals surface area contributed by atoms with E-state index in [1.54, 1.807) is 56.5 Å². The average Bonchev–Trinajstić information content (AvgIpc) is 3.27. The zero-order valence-electron chi connectivity index (χ0n) is 23.3. The number of Topliss-reactive ketones (excluding diaryl/α,β-unsaturated/α-hetero) is 1. The van der Waals surface area contributed by atoms with Crippen molar-refractivity contribution in [2.24, 2.45) is 5.41 Å². The second-order valence-corrected chi connectivity index (χ2v) is 11.2. The number of benzene rings is 1. The Morgan fingerprint density at radius 2 is 1.88 bits per heavy atom. The van der Waals surface area contributed by atoms with E-state index in [4.69, 9.17) is 19.2 Å². The molecule has 0 aliphatic carbocycles. The highest BCUT2D eigenvalue weighted by Gasteiger charge is 2.50. The fourth-order valence-corrected chi connectivity index (χ4v) is 5.38. The maximum absolute atomic E-state index is 13.8. The van der Waals surface area contributed by atoms with Crippen LogP contribution in [0.4, 0.5) is 0 Å². The minimum absolute atomic E-state index is 0.0197. The molecule has 10 heteroatoms. The van der Waals surface area contributed by atoms with Crippen molar-refractivity contribution in [3.8, 4) is 17.1 Å². The molecule has 0 unspecified atom stereocenters. The Labute approximate surface area is 230 Å². The van der Waals surface area contributed by atoms with Gasteiger partial charge in [0.2, 0.25) is 5.60 Å². The van der Waals surface area contributed by atoms with E-state index in [0.29, 0.717) is 23.3 Å². The van der Waals surface area contributed by atoms with Crippen LogP contribution in [0, 0.1) is 5.41 Å². The predicted molar refractivity (Wildman–Crippen MR) is 145 cm³/mol. The van der Waals surface area contributed by atoms with Crippen molar-refractivity contribution in [1.82, 2.24) is 9.55 Å². The van der Waals surface area contributed by atoms with E-state index < -0.39 is 29.6 Å². The third-order valence-electron chi connectivity index (χ3n) is 7.69. The lowest BCUT2D eigenvalue weighted by Crippen LogP contribution is -2.48. The fraction of sp³-hybridized carbons (Fsp3) is 0.433. The average molecular weight is 549 g/mol. The molecule has 2 aromatic heterocycles. The van der Waals surface area contributed by atoms with E-state index in [1.165, 1.54) is 0 Å². The molecule has 0 radical (unpaired) electrons. The Morgan fingerprint density at radius 3 is 2.55 bits per heavy atom. The summed E-state index contributed by atoms with van der Waals surface area (Å²) in [4.78, 5) is 56.8. The topological polar surface area (TPSA) is 134 Å².